The van der Waals surface area contributed by atoms with Gasteiger partial charge in [-0.05, 0) is 66.7 Å². The van der Waals surface area contributed by atoms with Crippen molar-refractivity contribution in [2.75, 3.05) is 11.1 Å². The maximum atomic E-state index is 13.3. The van der Waals surface area contributed by atoms with Crippen LogP contribution >= 0.6 is 22.9 Å². The van der Waals surface area contributed by atoms with Crippen LogP contribution in [-0.2, 0) is 20.1 Å². The van der Waals surface area contributed by atoms with E-state index in [1.807, 2.05) is 13.0 Å². The molecule has 0 aliphatic carbocycles. The monoisotopic (exact) mass is 540 g/mol. The van der Waals surface area contributed by atoms with E-state index in [1.165, 1.54) is 19.9 Å². The Labute approximate surface area is 214 Å². The SMILES string of the molecule is Cc1cccc(NC(=O)c2cc(Cl)c(C3(C)CS(=O)(=O)C(C)(C)C(NC(=O)OC(C)(C)C)=N3)s2)n1. The molecule has 2 aromatic rings. The highest BCUT2D eigenvalue weighted by molar-refractivity contribution is 7.93. The molecule has 1 unspecified atom stereocenters. The van der Waals surface area contributed by atoms with Gasteiger partial charge in [-0.25, -0.2) is 18.2 Å². The van der Waals surface area contributed by atoms with Crippen LogP contribution in [0.15, 0.2) is 29.3 Å². The van der Waals surface area contributed by atoms with Crippen LogP contribution in [0.3, 0.4) is 0 Å². The van der Waals surface area contributed by atoms with Gasteiger partial charge in [-0.3, -0.25) is 15.1 Å². The van der Waals surface area contributed by atoms with Gasteiger partial charge in [-0.1, -0.05) is 17.7 Å². The molecule has 0 radical (unpaired) electrons. The Morgan fingerprint density at radius 3 is 2.43 bits per heavy atom. The molecule has 0 saturated heterocycles. The number of rotatable bonds is 3. The molecule has 2 N–H and O–H groups in total. The zero-order valence-electron chi connectivity index (χ0n) is 20.6. The molecule has 12 heteroatoms. The van der Waals surface area contributed by atoms with Gasteiger partial charge in [-0.2, -0.15) is 0 Å². The summed E-state index contributed by atoms with van der Waals surface area (Å²) < 4.78 is 30.4. The molecular formula is C23H29ClN4O5S2. The van der Waals surface area contributed by atoms with Crippen LogP contribution < -0.4 is 10.6 Å². The highest BCUT2D eigenvalue weighted by atomic mass is 35.5. The Hall–Kier alpha value is -2.50. The number of aromatic nitrogens is 1. The standard InChI is InChI=1S/C23H29ClN4O5S2/c1-13-9-8-10-16(25-13)26-18(29)15-11-14(24)17(34-15)23(7)12-35(31,32)22(5,6)19(28-23)27-20(30)33-21(2,3)4/h8-11H,12H2,1-7H3,(H,25,26,29)(H,27,28,30). The third kappa shape index (κ3) is 5.84. The van der Waals surface area contributed by atoms with Gasteiger partial charge in [0.25, 0.3) is 5.91 Å². The van der Waals surface area contributed by atoms with Gasteiger partial charge < -0.3 is 10.1 Å². The number of amidine groups is 1. The summed E-state index contributed by atoms with van der Waals surface area (Å²) in [5.41, 5.74) is -1.37. The number of nitrogens with zero attached hydrogens (tertiary/aromatic N) is 2. The average Bonchev–Trinajstić information content (AvgIpc) is 3.07. The second-order valence-electron chi connectivity index (χ2n) is 10.0. The maximum Gasteiger partial charge on any atom is 0.413 e. The lowest BCUT2D eigenvalue weighted by atomic mass is 10.0. The Morgan fingerprint density at radius 1 is 1.17 bits per heavy atom. The van der Waals surface area contributed by atoms with Gasteiger partial charge in [0, 0.05) is 5.69 Å². The fourth-order valence-electron chi connectivity index (χ4n) is 3.44. The van der Waals surface area contributed by atoms with Gasteiger partial charge in [0.15, 0.2) is 9.84 Å². The first kappa shape index (κ1) is 27.1. The summed E-state index contributed by atoms with van der Waals surface area (Å²) in [5, 5.41) is 5.44. The van der Waals surface area contributed by atoms with Crippen molar-refractivity contribution in [3.63, 3.8) is 0 Å². The van der Waals surface area contributed by atoms with Crippen LogP contribution in [0.5, 0.6) is 0 Å². The van der Waals surface area contributed by atoms with Crippen LogP contribution in [0.1, 0.15) is 61.8 Å². The first-order valence-electron chi connectivity index (χ1n) is 10.8. The number of anilines is 1. The molecular weight excluding hydrogens is 512 g/mol. The largest absolute Gasteiger partial charge is 0.444 e. The molecule has 1 aliphatic heterocycles. The number of hydrogen-bond acceptors (Lipinski definition) is 8. The highest BCUT2D eigenvalue weighted by Crippen LogP contribution is 2.43. The van der Waals surface area contributed by atoms with Crippen molar-refractivity contribution in [1.82, 2.24) is 10.3 Å². The third-order valence-electron chi connectivity index (χ3n) is 5.33. The number of ether oxygens (including phenoxy) is 1. The average molecular weight is 541 g/mol. The Balaban J connectivity index is 1.98. The van der Waals surface area contributed by atoms with Crippen LogP contribution in [0.4, 0.5) is 10.6 Å². The number of aryl methyl sites for hydroxylation is 1. The molecule has 0 bridgehead atoms. The van der Waals surface area contributed by atoms with Crippen molar-refractivity contribution < 1.29 is 22.7 Å². The lowest BCUT2D eigenvalue weighted by molar-refractivity contribution is 0.0560. The summed E-state index contributed by atoms with van der Waals surface area (Å²) in [6, 6.07) is 6.72. The quantitative estimate of drug-likeness (QED) is 0.580. The van der Waals surface area contributed by atoms with Crippen LogP contribution in [0, 0.1) is 6.92 Å². The van der Waals surface area contributed by atoms with Crippen molar-refractivity contribution in [3.8, 4) is 0 Å². The van der Waals surface area contributed by atoms with Gasteiger partial charge in [0.2, 0.25) is 0 Å². The molecule has 9 nitrogen and oxygen atoms in total. The first-order chi connectivity index (χ1) is 15.9. The molecule has 0 saturated carbocycles. The topological polar surface area (TPSA) is 127 Å². The molecule has 3 rings (SSSR count). The van der Waals surface area contributed by atoms with Crippen molar-refractivity contribution in [2.45, 2.75) is 64.4 Å². The number of carbonyl (C=O) groups excluding carboxylic acids is 2. The Morgan fingerprint density at radius 2 is 1.83 bits per heavy atom. The number of hydrogen-bond donors (Lipinski definition) is 2. The second-order valence-corrected chi connectivity index (χ2v) is 14.0. The molecule has 0 fully saturated rings. The van der Waals surface area contributed by atoms with E-state index in [0.29, 0.717) is 10.7 Å². The van der Waals surface area contributed by atoms with E-state index in [-0.39, 0.29) is 21.5 Å². The fraction of sp³-hybridized carbons (Fsp3) is 0.478. The smallest absolute Gasteiger partial charge is 0.413 e. The van der Waals surface area contributed by atoms with Gasteiger partial charge in [0.1, 0.15) is 27.5 Å². The Kier molecular flexibility index (Phi) is 7.11. The summed E-state index contributed by atoms with van der Waals surface area (Å²) in [5.74, 6) is -0.455. The number of pyridine rings is 1. The number of thiophene rings is 1. The Bertz CT molecular complexity index is 1310. The van der Waals surface area contributed by atoms with Crippen molar-refractivity contribution in [3.05, 3.63) is 44.7 Å². The van der Waals surface area contributed by atoms with Crippen LogP contribution in [0.25, 0.3) is 0 Å². The lowest BCUT2D eigenvalue weighted by Crippen LogP contribution is -2.57. The van der Waals surface area contributed by atoms with E-state index < -0.39 is 37.7 Å². The number of sulfone groups is 1. The second kappa shape index (κ2) is 9.18. The molecule has 0 spiro atoms. The van der Waals surface area contributed by atoms with E-state index in [4.69, 9.17) is 16.3 Å². The molecule has 2 amide bonds. The third-order valence-corrected chi connectivity index (χ3v) is 9.81. The number of amides is 2. The van der Waals surface area contributed by atoms with Crippen molar-refractivity contribution >= 4 is 56.4 Å². The summed E-state index contributed by atoms with van der Waals surface area (Å²) in [4.78, 5) is 34.8. The minimum absolute atomic E-state index is 0.0556. The zero-order chi connectivity index (χ0) is 26.4. The molecule has 2 aromatic heterocycles. The van der Waals surface area contributed by atoms with Crippen molar-refractivity contribution in [2.24, 2.45) is 4.99 Å². The molecule has 0 aromatic carbocycles. The van der Waals surface area contributed by atoms with E-state index in [2.05, 4.69) is 20.6 Å². The minimum Gasteiger partial charge on any atom is -0.444 e. The summed E-state index contributed by atoms with van der Waals surface area (Å²) in [7, 11) is -3.80. The number of alkyl carbamates (subject to hydrolysis) is 1. The summed E-state index contributed by atoms with van der Waals surface area (Å²) in [6.45, 7) is 11.5. The number of carbonyl (C=O) groups is 2. The fourth-order valence-corrected chi connectivity index (χ4v) is 6.76. The minimum atomic E-state index is -3.80. The number of halogens is 1. The van der Waals surface area contributed by atoms with Crippen molar-refractivity contribution in [1.29, 1.82) is 0 Å². The molecule has 35 heavy (non-hydrogen) atoms. The van der Waals surface area contributed by atoms with E-state index >= 15 is 0 Å². The van der Waals surface area contributed by atoms with Crippen LogP contribution in [-0.4, -0.2) is 47.3 Å². The number of aliphatic imine (C=N–C) groups is 1. The van der Waals surface area contributed by atoms with E-state index in [9.17, 15) is 18.0 Å². The normalized spacial score (nSPS) is 21.1. The predicted molar refractivity (Wildman–Crippen MR) is 138 cm³/mol. The van der Waals surface area contributed by atoms with Gasteiger partial charge in [-0.15, -0.1) is 11.3 Å². The lowest BCUT2D eigenvalue weighted by Gasteiger charge is -2.38. The maximum absolute atomic E-state index is 13.3. The van der Waals surface area contributed by atoms with Gasteiger partial charge >= 0.3 is 6.09 Å². The molecule has 1 aliphatic rings. The van der Waals surface area contributed by atoms with Gasteiger partial charge in [0.05, 0.1) is 20.5 Å². The van der Waals surface area contributed by atoms with Crippen LogP contribution in [0.2, 0.25) is 5.02 Å². The molecule has 3 heterocycles. The highest BCUT2D eigenvalue weighted by Gasteiger charge is 2.51. The van der Waals surface area contributed by atoms with E-state index in [1.54, 1.807) is 39.8 Å². The van der Waals surface area contributed by atoms with E-state index in [0.717, 1.165) is 17.0 Å². The first-order valence-corrected chi connectivity index (χ1v) is 13.7. The summed E-state index contributed by atoms with van der Waals surface area (Å²) >= 11 is 7.52. The zero-order valence-corrected chi connectivity index (χ0v) is 23.0. The molecule has 190 valence electrons. The number of nitrogens with one attached hydrogen (secondary N) is 2. The summed E-state index contributed by atoms with van der Waals surface area (Å²) in [6.07, 6.45) is -0.813. The predicted octanol–water partition coefficient (Wildman–Crippen LogP) is 4.70. The molecule has 1 atom stereocenters.